The molecule has 4 fully saturated rings. The van der Waals surface area contributed by atoms with Crippen LogP contribution >= 0.6 is 0 Å². The second-order valence-corrected chi connectivity index (χ2v) is 12.9. The standard InChI is InChI=1S/C36H42N4O4/c41-33(12-13-34(42)40-36-20-26-16-27(21-36)18-28(17-26)22-36)37-14-15-44-32-10-7-29(8-11-32)30-6-9-31(38-24-30)19-35(43)39-23-25-4-2-1-3-5-25/h1-11,24,26-28H,12-23H2,(H,37,41)(H,39,43)(H,40,42). The topological polar surface area (TPSA) is 109 Å². The minimum atomic E-state index is -0.130. The molecular weight excluding hydrogens is 552 g/mol. The fraction of sp³-hybridized carbons (Fsp3) is 0.444. The van der Waals surface area contributed by atoms with E-state index < -0.39 is 0 Å². The summed E-state index contributed by atoms with van der Waals surface area (Å²) in [4.78, 5) is 41.7. The summed E-state index contributed by atoms with van der Waals surface area (Å²) < 4.78 is 5.80. The molecule has 8 heteroatoms. The van der Waals surface area contributed by atoms with Gasteiger partial charge < -0.3 is 20.7 Å². The molecule has 0 aliphatic heterocycles. The van der Waals surface area contributed by atoms with E-state index in [9.17, 15) is 14.4 Å². The Morgan fingerprint density at radius 3 is 2.07 bits per heavy atom. The van der Waals surface area contributed by atoms with Gasteiger partial charge in [-0.25, -0.2) is 0 Å². The highest BCUT2D eigenvalue weighted by Gasteiger charge is 2.51. The minimum absolute atomic E-state index is 0.00705. The average molecular weight is 595 g/mol. The predicted molar refractivity (Wildman–Crippen MR) is 168 cm³/mol. The number of hydrogen-bond donors (Lipinski definition) is 3. The molecule has 8 nitrogen and oxygen atoms in total. The molecule has 3 aromatic rings. The third-order valence-corrected chi connectivity index (χ3v) is 9.40. The summed E-state index contributed by atoms with van der Waals surface area (Å²) in [6.07, 6.45) is 9.80. The fourth-order valence-corrected chi connectivity index (χ4v) is 7.76. The van der Waals surface area contributed by atoms with Gasteiger partial charge in [0.25, 0.3) is 0 Å². The lowest BCUT2D eigenvalue weighted by molar-refractivity contribution is -0.130. The van der Waals surface area contributed by atoms with Gasteiger partial charge in [-0.1, -0.05) is 48.5 Å². The first kappa shape index (κ1) is 29.9. The summed E-state index contributed by atoms with van der Waals surface area (Å²) in [5.41, 5.74) is 3.70. The monoisotopic (exact) mass is 594 g/mol. The lowest BCUT2D eigenvalue weighted by Crippen LogP contribution is -2.59. The van der Waals surface area contributed by atoms with Crippen molar-refractivity contribution in [3.63, 3.8) is 0 Å². The molecule has 0 spiro atoms. The number of carbonyl (C=O) groups is 3. The number of aromatic nitrogens is 1. The minimum Gasteiger partial charge on any atom is -0.492 e. The molecule has 4 bridgehead atoms. The zero-order valence-corrected chi connectivity index (χ0v) is 25.2. The summed E-state index contributed by atoms with van der Waals surface area (Å²) in [6.45, 7) is 1.22. The van der Waals surface area contributed by atoms with E-state index in [0.717, 1.165) is 53.7 Å². The highest BCUT2D eigenvalue weighted by atomic mass is 16.5. The molecule has 4 aliphatic carbocycles. The number of amides is 3. The molecule has 1 aromatic heterocycles. The zero-order chi connectivity index (χ0) is 30.4. The van der Waals surface area contributed by atoms with Gasteiger partial charge in [0.05, 0.1) is 13.0 Å². The molecule has 0 saturated heterocycles. The number of ether oxygens (including phenoxy) is 1. The maximum Gasteiger partial charge on any atom is 0.226 e. The van der Waals surface area contributed by atoms with Crippen LogP contribution in [0.1, 0.15) is 62.6 Å². The second kappa shape index (κ2) is 13.6. The van der Waals surface area contributed by atoms with E-state index in [1.165, 1.54) is 19.3 Å². The molecule has 3 N–H and O–H groups in total. The highest BCUT2D eigenvalue weighted by molar-refractivity contribution is 5.84. The maximum atomic E-state index is 12.7. The Morgan fingerprint density at radius 1 is 0.750 bits per heavy atom. The second-order valence-electron chi connectivity index (χ2n) is 12.9. The summed E-state index contributed by atoms with van der Waals surface area (Å²) in [5.74, 6) is 2.85. The molecule has 2 aromatic carbocycles. The molecule has 4 aliphatic rings. The number of rotatable bonds is 13. The van der Waals surface area contributed by atoms with Gasteiger partial charge in [0.15, 0.2) is 0 Å². The highest BCUT2D eigenvalue weighted by Crippen LogP contribution is 2.55. The number of nitrogens with zero attached hydrogens (tertiary/aromatic N) is 1. The van der Waals surface area contributed by atoms with Gasteiger partial charge in [0.1, 0.15) is 12.4 Å². The van der Waals surface area contributed by atoms with Crippen LogP contribution in [0.25, 0.3) is 11.1 Å². The normalized spacial score (nSPS) is 23.1. The molecule has 230 valence electrons. The number of benzene rings is 2. The molecule has 3 amide bonds. The molecule has 0 radical (unpaired) electrons. The summed E-state index contributed by atoms with van der Waals surface area (Å²) in [7, 11) is 0. The molecular formula is C36H42N4O4. The predicted octanol–water partition coefficient (Wildman–Crippen LogP) is 4.97. The van der Waals surface area contributed by atoms with E-state index in [1.54, 1.807) is 6.20 Å². The molecule has 1 heterocycles. The lowest BCUT2D eigenvalue weighted by atomic mass is 9.53. The average Bonchev–Trinajstić information content (AvgIpc) is 3.01. The van der Waals surface area contributed by atoms with Crippen LogP contribution in [0.5, 0.6) is 5.75 Å². The Kier molecular flexibility index (Phi) is 9.24. The summed E-state index contributed by atoms with van der Waals surface area (Å²) in [5, 5.41) is 9.13. The van der Waals surface area contributed by atoms with Crippen LogP contribution in [0, 0.1) is 17.8 Å². The van der Waals surface area contributed by atoms with Crippen LogP contribution in [0.2, 0.25) is 0 Å². The lowest BCUT2D eigenvalue weighted by Gasteiger charge is -2.56. The Morgan fingerprint density at radius 2 is 1.41 bits per heavy atom. The van der Waals surface area contributed by atoms with Gasteiger partial charge in [-0.2, -0.15) is 0 Å². The van der Waals surface area contributed by atoms with E-state index in [0.29, 0.717) is 31.1 Å². The molecule has 7 rings (SSSR count). The van der Waals surface area contributed by atoms with Gasteiger partial charge in [-0.3, -0.25) is 19.4 Å². The van der Waals surface area contributed by atoms with Crippen LogP contribution in [-0.4, -0.2) is 41.4 Å². The van der Waals surface area contributed by atoms with E-state index >= 15 is 0 Å². The first-order valence-electron chi connectivity index (χ1n) is 16.0. The first-order valence-corrected chi connectivity index (χ1v) is 16.0. The fourth-order valence-electron chi connectivity index (χ4n) is 7.76. The van der Waals surface area contributed by atoms with E-state index in [2.05, 4.69) is 20.9 Å². The van der Waals surface area contributed by atoms with E-state index in [-0.39, 0.29) is 42.5 Å². The Bertz CT molecular complexity index is 1400. The van der Waals surface area contributed by atoms with Gasteiger partial charge in [-0.15, -0.1) is 0 Å². The van der Waals surface area contributed by atoms with Crippen molar-refractivity contribution < 1.29 is 19.1 Å². The van der Waals surface area contributed by atoms with Crippen LogP contribution in [-0.2, 0) is 27.3 Å². The largest absolute Gasteiger partial charge is 0.492 e. The van der Waals surface area contributed by atoms with Gasteiger partial charge in [0.2, 0.25) is 17.7 Å². The van der Waals surface area contributed by atoms with Crippen molar-refractivity contribution >= 4 is 17.7 Å². The maximum absolute atomic E-state index is 12.7. The van der Waals surface area contributed by atoms with Gasteiger partial charge in [-0.05, 0) is 85.6 Å². The third-order valence-electron chi connectivity index (χ3n) is 9.40. The van der Waals surface area contributed by atoms with Crippen molar-refractivity contribution in [1.29, 1.82) is 0 Å². The number of carbonyl (C=O) groups excluding carboxylic acids is 3. The smallest absolute Gasteiger partial charge is 0.226 e. The van der Waals surface area contributed by atoms with Crippen molar-refractivity contribution in [3.05, 3.63) is 84.2 Å². The number of pyridine rings is 1. The zero-order valence-electron chi connectivity index (χ0n) is 25.2. The Balaban J connectivity index is 0.865. The SMILES string of the molecule is O=C(CCC(=O)NC12CC3CC(CC(C3)C1)C2)NCCOc1ccc(-c2ccc(CC(=O)NCc3ccccc3)nc2)cc1. The Hall–Kier alpha value is -4.20. The first-order chi connectivity index (χ1) is 21.4. The summed E-state index contributed by atoms with van der Waals surface area (Å²) >= 11 is 0. The van der Waals surface area contributed by atoms with Crippen LogP contribution < -0.4 is 20.7 Å². The van der Waals surface area contributed by atoms with Crippen LogP contribution in [0.15, 0.2) is 72.9 Å². The number of nitrogens with one attached hydrogen (secondary N) is 3. The summed E-state index contributed by atoms with van der Waals surface area (Å²) in [6, 6.07) is 21.3. The quantitative estimate of drug-likeness (QED) is 0.242. The van der Waals surface area contributed by atoms with Gasteiger partial charge >= 0.3 is 0 Å². The van der Waals surface area contributed by atoms with Gasteiger partial charge in [0, 0.05) is 42.4 Å². The molecule has 0 unspecified atom stereocenters. The number of hydrogen-bond acceptors (Lipinski definition) is 5. The van der Waals surface area contributed by atoms with Crippen molar-refractivity contribution in [2.75, 3.05) is 13.2 Å². The molecule has 4 saturated carbocycles. The molecule has 0 atom stereocenters. The van der Waals surface area contributed by atoms with Crippen molar-refractivity contribution in [3.8, 4) is 16.9 Å². The van der Waals surface area contributed by atoms with E-state index in [4.69, 9.17) is 4.74 Å². The third kappa shape index (κ3) is 7.84. The van der Waals surface area contributed by atoms with Crippen LogP contribution in [0.4, 0.5) is 0 Å². The van der Waals surface area contributed by atoms with Crippen LogP contribution in [0.3, 0.4) is 0 Å². The Labute approximate surface area is 259 Å². The molecule has 44 heavy (non-hydrogen) atoms. The van der Waals surface area contributed by atoms with Crippen molar-refractivity contribution in [1.82, 2.24) is 20.9 Å². The van der Waals surface area contributed by atoms with Crippen molar-refractivity contribution in [2.45, 2.75) is 69.9 Å². The van der Waals surface area contributed by atoms with E-state index in [1.807, 2.05) is 66.7 Å². The van der Waals surface area contributed by atoms with Crippen molar-refractivity contribution in [2.24, 2.45) is 17.8 Å².